The lowest BCUT2D eigenvalue weighted by atomic mass is 9.98. The molecule has 3 aromatic rings. The molecule has 0 radical (unpaired) electrons. The highest BCUT2D eigenvalue weighted by molar-refractivity contribution is 5.90. The van der Waals surface area contributed by atoms with Crippen molar-refractivity contribution < 1.29 is 38.5 Å². The number of carbonyl (C=O) groups is 4. The Bertz CT molecular complexity index is 1380. The zero-order valence-electron chi connectivity index (χ0n) is 22.2. The summed E-state index contributed by atoms with van der Waals surface area (Å²) in [5.41, 5.74) is 4.96. The third kappa shape index (κ3) is 6.55. The van der Waals surface area contributed by atoms with E-state index in [4.69, 9.17) is 14.2 Å². The summed E-state index contributed by atoms with van der Waals surface area (Å²) in [7, 11) is 0. The molecule has 3 atom stereocenters. The zero-order chi connectivity index (χ0) is 28.8. The van der Waals surface area contributed by atoms with E-state index in [1.165, 1.54) is 0 Å². The number of ether oxygens (including phenoxy) is 3. The van der Waals surface area contributed by atoms with E-state index in [0.29, 0.717) is 0 Å². The molecular weight excluding hydrogens is 528 g/mol. The first-order chi connectivity index (χ1) is 19.9. The summed E-state index contributed by atoms with van der Waals surface area (Å²) in [5.74, 6) is -3.71. The molecule has 1 saturated heterocycles. The predicted octanol–water partition coefficient (Wildman–Crippen LogP) is 3.24. The maximum atomic E-state index is 13.2. The van der Waals surface area contributed by atoms with Crippen LogP contribution in [0.25, 0.3) is 11.1 Å². The molecule has 0 aromatic heterocycles. The van der Waals surface area contributed by atoms with Crippen molar-refractivity contribution in [2.75, 3.05) is 19.8 Å². The highest BCUT2D eigenvalue weighted by Gasteiger charge is 2.37. The highest BCUT2D eigenvalue weighted by Crippen LogP contribution is 2.44. The lowest BCUT2D eigenvalue weighted by molar-refractivity contribution is -0.147. The fourth-order valence-electron chi connectivity index (χ4n) is 5.18. The van der Waals surface area contributed by atoms with Gasteiger partial charge in [-0.05, 0) is 27.8 Å². The van der Waals surface area contributed by atoms with Crippen molar-refractivity contribution in [3.05, 3.63) is 95.6 Å². The summed E-state index contributed by atoms with van der Waals surface area (Å²) >= 11 is 0. The molecule has 10 heteroatoms. The molecule has 0 spiro atoms. The van der Waals surface area contributed by atoms with E-state index >= 15 is 0 Å². The van der Waals surface area contributed by atoms with Gasteiger partial charge in [-0.15, -0.1) is 0 Å². The molecule has 1 heterocycles. The average molecular weight is 559 g/mol. The maximum Gasteiger partial charge on any atom is 0.407 e. The highest BCUT2D eigenvalue weighted by atomic mass is 16.6. The second-order valence-corrected chi connectivity index (χ2v) is 9.97. The van der Waals surface area contributed by atoms with Crippen LogP contribution in [0.15, 0.2) is 78.9 Å². The number of hydrogen-bond acceptors (Lipinski definition) is 7. The molecule has 3 N–H and O–H groups in total. The Morgan fingerprint density at radius 1 is 0.854 bits per heavy atom. The Labute approximate surface area is 236 Å². The van der Waals surface area contributed by atoms with Crippen LogP contribution in [0.3, 0.4) is 0 Å². The second kappa shape index (κ2) is 12.6. The van der Waals surface area contributed by atoms with Crippen molar-refractivity contribution >= 4 is 23.9 Å². The number of fused-ring (bicyclic) bond motifs is 3. The molecule has 2 amide bonds. The number of alkyl carbamates (subject to hydrolysis) is 1. The number of aliphatic carboxylic acids is 1. The largest absolute Gasteiger partial charge is 0.481 e. The van der Waals surface area contributed by atoms with Crippen LogP contribution in [-0.4, -0.2) is 60.9 Å². The van der Waals surface area contributed by atoms with Gasteiger partial charge < -0.3 is 30.0 Å². The minimum Gasteiger partial charge on any atom is -0.481 e. The number of rotatable bonds is 10. The summed E-state index contributed by atoms with van der Waals surface area (Å²) < 4.78 is 16.1. The summed E-state index contributed by atoms with van der Waals surface area (Å²) in [6.07, 6.45) is -1.37. The van der Waals surface area contributed by atoms with Crippen LogP contribution in [-0.2, 0) is 35.2 Å². The van der Waals surface area contributed by atoms with Gasteiger partial charge in [0.1, 0.15) is 25.2 Å². The van der Waals surface area contributed by atoms with Crippen LogP contribution in [0.1, 0.15) is 29.0 Å². The number of carbonyl (C=O) groups excluding carboxylic acids is 3. The molecule has 5 rings (SSSR count). The Morgan fingerprint density at radius 3 is 2.15 bits per heavy atom. The van der Waals surface area contributed by atoms with Gasteiger partial charge in [0.2, 0.25) is 5.91 Å². The lowest BCUT2D eigenvalue weighted by Crippen LogP contribution is -2.53. The van der Waals surface area contributed by atoms with E-state index in [9.17, 15) is 24.3 Å². The van der Waals surface area contributed by atoms with E-state index in [-0.39, 0.29) is 32.3 Å². The number of hydrogen-bond donors (Lipinski definition) is 3. The molecule has 2 aliphatic rings. The fraction of sp³-hybridized carbons (Fsp3) is 0.290. The van der Waals surface area contributed by atoms with Gasteiger partial charge in [0.15, 0.2) is 0 Å². The van der Waals surface area contributed by atoms with Crippen LogP contribution in [0.2, 0.25) is 0 Å². The monoisotopic (exact) mass is 558 g/mol. The molecule has 10 nitrogen and oxygen atoms in total. The molecule has 41 heavy (non-hydrogen) atoms. The number of amides is 2. The fourth-order valence-corrected chi connectivity index (χ4v) is 5.18. The van der Waals surface area contributed by atoms with Gasteiger partial charge in [-0.25, -0.2) is 4.79 Å². The third-order valence-corrected chi connectivity index (χ3v) is 7.29. The number of carboxylic acids is 1. The van der Waals surface area contributed by atoms with Gasteiger partial charge in [0, 0.05) is 5.92 Å². The quantitative estimate of drug-likeness (QED) is 0.322. The van der Waals surface area contributed by atoms with Crippen molar-refractivity contribution in [2.45, 2.75) is 31.0 Å². The molecule has 1 aliphatic carbocycles. The Morgan fingerprint density at radius 2 is 1.49 bits per heavy atom. The molecule has 1 aliphatic heterocycles. The molecule has 0 saturated carbocycles. The van der Waals surface area contributed by atoms with Crippen LogP contribution in [0, 0.1) is 5.92 Å². The smallest absolute Gasteiger partial charge is 0.407 e. The van der Waals surface area contributed by atoms with Gasteiger partial charge in [0.25, 0.3) is 0 Å². The van der Waals surface area contributed by atoms with E-state index < -0.39 is 48.4 Å². The Hall–Kier alpha value is -4.70. The first kappa shape index (κ1) is 27.9. The van der Waals surface area contributed by atoms with Crippen molar-refractivity contribution in [3.63, 3.8) is 0 Å². The molecule has 2 unspecified atom stereocenters. The number of nitrogens with one attached hydrogen (secondary N) is 2. The first-order valence-electron chi connectivity index (χ1n) is 13.3. The van der Waals surface area contributed by atoms with Crippen molar-refractivity contribution in [2.24, 2.45) is 5.92 Å². The van der Waals surface area contributed by atoms with E-state index in [2.05, 4.69) is 10.6 Å². The standard InChI is InChI=1S/C31H30N2O8/c34-28(40-15-19-8-2-1-3-9-19)14-26(29(35)32-27-18-39-16-25(27)30(36)37)33-31(38)41-17-24-22-12-6-4-10-20(22)21-11-5-7-13-23(21)24/h1-13,24-27H,14-18H2,(H,32,35)(H,33,38)(H,36,37)/t25?,26-,27?/m0/s1. The van der Waals surface area contributed by atoms with Crippen LogP contribution in [0.4, 0.5) is 4.79 Å². The Balaban J connectivity index is 1.24. The molecule has 0 bridgehead atoms. The minimum atomic E-state index is -1.36. The van der Waals surface area contributed by atoms with Crippen molar-refractivity contribution in [1.82, 2.24) is 10.6 Å². The van der Waals surface area contributed by atoms with Crippen LogP contribution in [0.5, 0.6) is 0 Å². The second-order valence-electron chi connectivity index (χ2n) is 9.97. The maximum absolute atomic E-state index is 13.2. The summed E-state index contributed by atoms with van der Waals surface area (Å²) in [4.78, 5) is 50.3. The summed E-state index contributed by atoms with van der Waals surface area (Å²) in [6, 6.07) is 22.6. The SMILES string of the molecule is O=C(C[C@H](NC(=O)OCC1c2ccccc2-c2ccccc21)C(=O)NC1COCC1C(=O)O)OCc1ccccc1. The van der Waals surface area contributed by atoms with Gasteiger partial charge in [0.05, 0.1) is 25.7 Å². The van der Waals surface area contributed by atoms with E-state index in [1.807, 2.05) is 54.6 Å². The molecule has 1 fully saturated rings. The van der Waals surface area contributed by atoms with Gasteiger partial charge >= 0.3 is 18.0 Å². The van der Waals surface area contributed by atoms with E-state index in [1.54, 1.807) is 24.3 Å². The number of carboxylic acid groups (broad SMARTS) is 1. The van der Waals surface area contributed by atoms with E-state index in [0.717, 1.165) is 27.8 Å². The van der Waals surface area contributed by atoms with Crippen LogP contribution >= 0.6 is 0 Å². The molecule has 3 aromatic carbocycles. The zero-order valence-corrected chi connectivity index (χ0v) is 22.2. The van der Waals surface area contributed by atoms with Gasteiger partial charge in [-0.2, -0.15) is 0 Å². The van der Waals surface area contributed by atoms with Crippen molar-refractivity contribution in [1.29, 1.82) is 0 Å². The molecular formula is C31H30N2O8. The van der Waals surface area contributed by atoms with Gasteiger partial charge in [-0.3, -0.25) is 14.4 Å². The number of benzene rings is 3. The normalized spacial score (nSPS) is 18.0. The first-order valence-corrected chi connectivity index (χ1v) is 13.3. The summed E-state index contributed by atoms with van der Waals surface area (Å²) in [6.45, 7) is -0.0383. The minimum absolute atomic E-state index is 0.00117. The summed E-state index contributed by atoms with van der Waals surface area (Å²) in [5, 5.41) is 14.5. The lowest BCUT2D eigenvalue weighted by Gasteiger charge is -2.22. The van der Waals surface area contributed by atoms with Crippen molar-refractivity contribution in [3.8, 4) is 11.1 Å². The van der Waals surface area contributed by atoms with Gasteiger partial charge in [-0.1, -0.05) is 78.9 Å². The number of esters is 1. The molecule has 212 valence electrons. The van der Waals surface area contributed by atoms with Crippen LogP contribution < -0.4 is 10.6 Å². The predicted molar refractivity (Wildman–Crippen MR) is 147 cm³/mol. The average Bonchev–Trinajstić information content (AvgIpc) is 3.58. The third-order valence-electron chi connectivity index (χ3n) is 7.29. The topological polar surface area (TPSA) is 140 Å². The Kier molecular flexibility index (Phi) is 8.59.